The number of hydrogen-bond acceptors (Lipinski definition) is 3. The minimum Gasteiger partial charge on any atom is -0.325 e. The third-order valence-corrected chi connectivity index (χ3v) is 5.32. The Kier molecular flexibility index (Phi) is 4.33. The number of rotatable bonds is 3. The predicted octanol–water partition coefficient (Wildman–Crippen LogP) is 2.75. The van der Waals surface area contributed by atoms with Crippen LogP contribution in [0.25, 0.3) is 0 Å². The molecule has 0 radical (unpaired) electrons. The molecule has 1 amide bonds. The maximum atomic E-state index is 12.4. The average molecular weight is 331 g/mol. The van der Waals surface area contributed by atoms with Crippen molar-refractivity contribution in [2.24, 2.45) is 16.5 Å². The molecule has 0 aromatic heterocycles. The van der Waals surface area contributed by atoms with Crippen LogP contribution in [0.3, 0.4) is 0 Å². The van der Waals surface area contributed by atoms with Gasteiger partial charge in [-0.15, -0.1) is 0 Å². The van der Waals surface area contributed by atoms with Gasteiger partial charge in [-0.3, -0.25) is 4.79 Å². The van der Waals surface area contributed by atoms with Crippen molar-refractivity contribution in [1.82, 2.24) is 0 Å². The van der Waals surface area contributed by atoms with E-state index in [0.717, 1.165) is 19.3 Å². The summed E-state index contributed by atoms with van der Waals surface area (Å²) < 4.78 is 22.5. The van der Waals surface area contributed by atoms with Gasteiger partial charge in [0.2, 0.25) is 15.9 Å². The molecule has 1 aromatic carbocycles. The number of benzene rings is 1. The van der Waals surface area contributed by atoms with Crippen molar-refractivity contribution in [3.05, 3.63) is 23.2 Å². The number of halogens is 1. The van der Waals surface area contributed by atoms with Gasteiger partial charge in [0.25, 0.3) is 0 Å². The Labute approximate surface area is 129 Å². The summed E-state index contributed by atoms with van der Waals surface area (Å²) in [5, 5.41) is 7.98. The van der Waals surface area contributed by atoms with Crippen LogP contribution in [-0.4, -0.2) is 14.3 Å². The summed E-state index contributed by atoms with van der Waals surface area (Å²) in [6, 6.07) is 4.03. The highest BCUT2D eigenvalue weighted by molar-refractivity contribution is 7.89. The van der Waals surface area contributed by atoms with E-state index in [1.54, 1.807) is 0 Å². The fourth-order valence-electron chi connectivity index (χ4n) is 2.81. The number of nitrogens with two attached hydrogens (primary N) is 1. The molecule has 7 heteroatoms. The van der Waals surface area contributed by atoms with Crippen molar-refractivity contribution in [2.75, 3.05) is 5.32 Å². The first kappa shape index (κ1) is 16.3. The van der Waals surface area contributed by atoms with Crippen molar-refractivity contribution in [3.8, 4) is 0 Å². The number of sulfonamides is 1. The van der Waals surface area contributed by atoms with Gasteiger partial charge in [-0.2, -0.15) is 0 Å². The Balaban J connectivity index is 2.19. The van der Waals surface area contributed by atoms with E-state index in [2.05, 4.69) is 19.2 Å². The first-order valence-electron chi connectivity index (χ1n) is 6.74. The van der Waals surface area contributed by atoms with E-state index in [1.165, 1.54) is 18.2 Å². The molecule has 0 saturated heterocycles. The van der Waals surface area contributed by atoms with Gasteiger partial charge in [0.1, 0.15) is 0 Å². The van der Waals surface area contributed by atoms with Crippen LogP contribution in [0.4, 0.5) is 5.69 Å². The molecule has 1 fully saturated rings. The number of carbonyl (C=O) groups is 1. The summed E-state index contributed by atoms with van der Waals surface area (Å²) in [7, 11) is -3.80. The molecule has 1 saturated carbocycles. The standard InChI is InChI=1S/C14H19ClN2O3S/c1-14(2)7-3-4-10(14)13(18)17-12-6-5-9(8-11(12)15)21(16,19)20/h5-6,8,10H,3-4,7H2,1-2H3,(H,17,18)(H2,16,19,20). The second-order valence-electron chi connectivity index (χ2n) is 6.11. The van der Waals surface area contributed by atoms with E-state index in [9.17, 15) is 13.2 Å². The molecular weight excluding hydrogens is 312 g/mol. The minimum absolute atomic E-state index is 0.0307. The van der Waals surface area contributed by atoms with Crippen LogP contribution in [0.1, 0.15) is 33.1 Å². The van der Waals surface area contributed by atoms with Crippen LogP contribution in [0.15, 0.2) is 23.1 Å². The van der Waals surface area contributed by atoms with Gasteiger partial charge in [-0.1, -0.05) is 31.9 Å². The predicted molar refractivity (Wildman–Crippen MR) is 82.6 cm³/mol. The highest BCUT2D eigenvalue weighted by Crippen LogP contribution is 2.43. The number of amides is 1. The van der Waals surface area contributed by atoms with Crippen molar-refractivity contribution < 1.29 is 13.2 Å². The second-order valence-corrected chi connectivity index (χ2v) is 8.08. The molecular formula is C14H19ClN2O3S. The lowest BCUT2D eigenvalue weighted by Gasteiger charge is -2.26. The highest BCUT2D eigenvalue weighted by atomic mass is 35.5. The molecule has 1 unspecified atom stereocenters. The minimum atomic E-state index is -3.80. The molecule has 0 spiro atoms. The van der Waals surface area contributed by atoms with Gasteiger partial charge in [-0.05, 0) is 36.5 Å². The zero-order chi connectivity index (χ0) is 15.8. The van der Waals surface area contributed by atoms with Crippen LogP contribution in [-0.2, 0) is 14.8 Å². The number of nitrogens with one attached hydrogen (secondary N) is 1. The maximum Gasteiger partial charge on any atom is 0.238 e. The van der Waals surface area contributed by atoms with Gasteiger partial charge in [-0.25, -0.2) is 13.6 Å². The first-order valence-corrected chi connectivity index (χ1v) is 8.67. The summed E-state index contributed by atoms with van der Waals surface area (Å²) in [4.78, 5) is 12.3. The molecule has 21 heavy (non-hydrogen) atoms. The van der Waals surface area contributed by atoms with Gasteiger partial charge in [0.05, 0.1) is 15.6 Å². The van der Waals surface area contributed by atoms with E-state index >= 15 is 0 Å². The van der Waals surface area contributed by atoms with Gasteiger partial charge in [0, 0.05) is 5.92 Å². The monoisotopic (exact) mass is 330 g/mol. The molecule has 2 rings (SSSR count). The molecule has 1 aromatic rings. The van der Waals surface area contributed by atoms with Crippen LogP contribution >= 0.6 is 11.6 Å². The molecule has 0 heterocycles. The largest absolute Gasteiger partial charge is 0.325 e. The SMILES string of the molecule is CC1(C)CCCC1C(=O)Nc1ccc(S(N)(=O)=O)cc1Cl. The molecule has 1 aliphatic rings. The molecule has 0 aliphatic heterocycles. The third-order valence-electron chi connectivity index (χ3n) is 4.10. The molecule has 0 bridgehead atoms. The van der Waals surface area contributed by atoms with E-state index in [-0.39, 0.29) is 27.2 Å². The van der Waals surface area contributed by atoms with Gasteiger partial charge in [0.15, 0.2) is 0 Å². The van der Waals surface area contributed by atoms with E-state index < -0.39 is 10.0 Å². The Morgan fingerprint density at radius 1 is 1.43 bits per heavy atom. The fraction of sp³-hybridized carbons (Fsp3) is 0.500. The van der Waals surface area contributed by atoms with Crippen LogP contribution in [0.2, 0.25) is 5.02 Å². The number of anilines is 1. The summed E-state index contributed by atoms with van der Waals surface area (Å²) in [5.41, 5.74) is 0.369. The lowest BCUT2D eigenvalue weighted by Crippen LogP contribution is -2.30. The van der Waals surface area contributed by atoms with Crippen molar-refractivity contribution in [3.63, 3.8) is 0 Å². The molecule has 5 nitrogen and oxygen atoms in total. The second kappa shape index (κ2) is 5.59. The Hall–Kier alpha value is -1.11. The zero-order valence-electron chi connectivity index (χ0n) is 12.0. The van der Waals surface area contributed by atoms with Gasteiger partial charge >= 0.3 is 0 Å². The van der Waals surface area contributed by atoms with E-state index in [1.807, 2.05) is 0 Å². The fourth-order valence-corrected chi connectivity index (χ4v) is 3.64. The third kappa shape index (κ3) is 3.56. The number of hydrogen-bond donors (Lipinski definition) is 2. The van der Waals surface area contributed by atoms with Crippen molar-refractivity contribution >= 4 is 33.2 Å². The summed E-state index contributed by atoms with van der Waals surface area (Å²) >= 11 is 6.02. The summed E-state index contributed by atoms with van der Waals surface area (Å²) in [6.45, 7) is 4.16. The normalized spacial score (nSPS) is 21.2. The molecule has 116 valence electrons. The summed E-state index contributed by atoms with van der Waals surface area (Å²) in [6.07, 6.45) is 2.90. The Bertz CT molecular complexity index is 671. The van der Waals surface area contributed by atoms with E-state index in [0.29, 0.717) is 5.69 Å². The van der Waals surface area contributed by atoms with Crippen molar-refractivity contribution in [1.29, 1.82) is 0 Å². The maximum absolute atomic E-state index is 12.4. The smallest absolute Gasteiger partial charge is 0.238 e. The Morgan fingerprint density at radius 2 is 2.10 bits per heavy atom. The Morgan fingerprint density at radius 3 is 2.57 bits per heavy atom. The molecule has 1 atom stereocenters. The van der Waals surface area contributed by atoms with Crippen LogP contribution in [0.5, 0.6) is 0 Å². The lowest BCUT2D eigenvalue weighted by molar-refractivity contribution is -0.122. The van der Waals surface area contributed by atoms with E-state index in [4.69, 9.17) is 16.7 Å². The highest BCUT2D eigenvalue weighted by Gasteiger charge is 2.39. The van der Waals surface area contributed by atoms with Crippen LogP contribution < -0.4 is 10.5 Å². The average Bonchev–Trinajstić information content (AvgIpc) is 2.70. The molecule has 1 aliphatic carbocycles. The lowest BCUT2D eigenvalue weighted by atomic mass is 9.81. The quantitative estimate of drug-likeness (QED) is 0.893. The number of carbonyl (C=O) groups excluding carboxylic acids is 1. The van der Waals surface area contributed by atoms with Crippen molar-refractivity contribution in [2.45, 2.75) is 38.0 Å². The zero-order valence-corrected chi connectivity index (χ0v) is 13.6. The molecule has 3 N–H and O–H groups in total. The van der Waals surface area contributed by atoms with Crippen LogP contribution in [0, 0.1) is 11.3 Å². The summed E-state index contributed by atoms with van der Waals surface area (Å²) in [5.74, 6) is -0.144. The van der Waals surface area contributed by atoms with Gasteiger partial charge < -0.3 is 5.32 Å². The number of primary sulfonamides is 1. The topological polar surface area (TPSA) is 89.3 Å². The first-order chi connectivity index (χ1) is 9.61.